The zero-order valence-corrected chi connectivity index (χ0v) is 11.0. The monoisotopic (exact) mass is 260 g/mol. The molecule has 1 atom stereocenters. The largest absolute Gasteiger partial charge is 0.381 e. The molecule has 0 amide bonds. The smallest absolute Gasteiger partial charge is 0.136 e. The van der Waals surface area contributed by atoms with Crippen LogP contribution >= 0.6 is 0 Å². The van der Waals surface area contributed by atoms with E-state index in [9.17, 15) is 0 Å². The van der Waals surface area contributed by atoms with Crippen molar-refractivity contribution in [3.8, 4) is 0 Å². The van der Waals surface area contributed by atoms with E-state index in [0.717, 1.165) is 43.6 Å². The Morgan fingerprint density at radius 1 is 1.42 bits per heavy atom. The highest BCUT2D eigenvalue weighted by molar-refractivity contribution is 5.79. The lowest BCUT2D eigenvalue weighted by atomic mass is 9.81. The molecule has 1 saturated heterocycles. The first-order valence-electron chi connectivity index (χ1n) is 6.73. The fourth-order valence-corrected chi connectivity index (χ4v) is 2.90. The summed E-state index contributed by atoms with van der Waals surface area (Å²) in [6.45, 7) is 1.66. The molecule has 0 aromatic heterocycles. The van der Waals surface area contributed by atoms with Crippen LogP contribution in [-0.2, 0) is 4.74 Å². The van der Waals surface area contributed by atoms with Gasteiger partial charge in [-0.2, -0.15) is 0 Å². The van der Waals surface area contributed by atoms with E-state index in [0.29, 0.717) is 5.92 Å². The van der Waals surface area contributed by atoms with Crippen molar-refractivity contribution in [2.45, 2.75) is 24.9 Å². The molecule has 0 aliphatic carbocycles. The van der Waals surface area contributed by atoms with Gasteiger partial charge in [0, 0.05) is 37.4 Å². The molecule has 3 aliphatic heterocycles. The maximum absolute atomic E-state index is 6.54. The maximum atomic E-state index is 6.54. The highest BCUT2D eigenvalue weighted by Gasteiger charge is 2.36. The molecule has 1 fully saturated rings. The molecule has 0 aromatic carbocycles. The number of ether oxygens (including phenoxy) is 1. The zero-order valence-electron chi connectivity index (χ0n) is 11.0. The molecule has 5 heteroatoms. The summed E-state index contributed by atoms with van der Waals surface area (Å²) in [4.78, 5) is 4.53. The molecular weight excluding hydrogens is 240 g/mol. The zero-order chi connectivity index (χ0) is 13.3. The van der Waals surface area contributed by atoms with E-state index >= 15 is 0 Å². The van der Waals surface area contributed by atoms with Crippen LogP contribution in [0.25, 0.3) is 0 Å². The van der Waals surface area contributed by atoms with Gasteiger partial charge in [-0.1, -0.05) is 0 Å². The highest BCUT2D eigenvalue weighted by Crippen LogP contribution is 2.36. The minimum Gasteiger partial charge on any atom is -0.381 e. The molecule has 5 nitrogen and oxygen atoms in total. The minimum absolute atomic E-state index is 0.563. The predicted octanol–water partition coefficient (Wildman–Crippen LogP) is 1.06. The molecule has 1 unspecified atom stereocenters. The molecule has 3 rings (SSSR count). The molecule has 102 valence electrons. The van der Waals surface area contributed by atoms with Gasteiger partial charge in [-0.05, 0) is 42.9 Å². The summed E-state index contributed by atoms with van der Waals surface area (Å²) in [6.07, 6.45) is 12.4. The first-order chi connectivity index (χ1) is 9.17. The van der Waals surface area contributed by atoms with Gasteiger partial charge in [0.15, 0.2) is 0 Å². The van der Waals surface area contributed by atoms with Gasteiger partial charge in [-0.25, -0.2) is 5.84 Å². The summed E-state index contributed by atoms with van der Waals surface area (Å²) in [5.74, 6) is 6.37. The molecule has 4 N–H and O–H groups in total. The Kier molecular flexibility index (Phi) is 3.26. The molecule has 0 saturated carbocycles. The molecular formula is C14H20N4O. The van der Waals surface area contributed by atoms with E-state index in [1.807, 2.05) is 30.8 Å². The topological polar surface area (TPSA) is 76.9 Å². The second-order valence-corrected chi connectivity index (χ2v) is 5.39. The number of dihydropyridines is 1. The maximum Gasteiger partial charge on any atom is 0.136 e. The van der Waals surface area contributed by atoms with Crippen LogP contribution in [0.5, 0.6) is 0 Å². The standard InChI is InChI=1S/C14H20N4O/c15-14(9-11-3-7-19-8-4-11)13-10-18(16)6-2-12(13)1-5-17-14/h1-2,5-6,10-11H,3-4,7-9,15-16H2. The average Bonchev–Trinajstić information content (AvgIpc) is 2.41. The Bertz CT molecular complexity index is 474. The lowest BCUT2D eigenvalue weighted by Gasteiger charge is -2.37. The SMILES string of the molecule is NN1C=CC2=CC=NC(N)(CC3CCOCC3)C2=C1. The molecule has 0 bridgehead atoms. The van der Waals surface area contributed by atoms with Gasteiger partial charge in [-0.3, -0.25) is 10.0 Å². The van der Waals surface area contributed by atoms with E-state index in [-0.39, 0.29) is 0 Å². The average molecular weight is 260 g/mol. The molecule has 0 aromatic rings. The van der Waals surface area contributed by atoms with Crippen molar-refractivity contribution in [3.05, 3.63) is 35.7 Å². The lowest BCUT2D eigenvalue weighted by molar-refractivity contribution is 0.0586. The van der Waals surface area contributed by atoms with Crippen molar-refractivity contribution in [2.24, 2.45) is 22.5 Å². The van der Waals surface area contributed by atoms with Crippen molar-refractivity contribution < 1.29 is 4.74 Å². The van der Waals surface area contributed by atoms with Crippen LogP contribution in [0.3, 0.4) is 0 Å². The number of nitrogens with zero attached hydrogens (tertiary/aromatic N) is 2. The third-order valence-electron chi connectivity index (χ3n) is 3.98. The van der Waals surface area contributed by atoms with E-state index in [2.05, 4.69) is 4.99 Å². The van der Waals surface area contributed by atoms with Crippen LogP contribution in [-0.4, -0.2) is 30.1 Å². The first-order valence-corrected chi connectivity index (χ1v) is 6.73. The molecule has 19 heavy (non-hydrogen) atoms. The number of hydrazine groups is 1. The number of rotatable bonds is 2. The van der Waals surface area contributed by atoms with Gasteiger partial charge in [0.2, 0.25) is 0 Å². The van der Waals surface area contributed by atoms with Gasteiger partial charge in [0.05, 0.1) is 0 Å². The van der Waals surface area contributed by atoms with Crippen molar-refractivity contribution in [2.75, 3.05) is 13.2 Å². The Morgan fingerprint density at radius 2 is 2.21 bits per heavy atom. The van der Waals surface area contributed by atoms with Crippen LogP contribution in [0.1, 0.15) is 19.3 Å². The van der Waals surface area contributed by atoms with Crippen LogP contribution < -0.4 is 11.6 Å². The van der Waals surface area contributed by atoms with Crippen LogP contribution in [0, 0.1) is 5.92 Å². The van der Waals surface area contributed by atoms with Crippen molar-refractivity contribution >= 4 is 6.21 Å². The number of nitrogens with two attached hydrogens (primary N) is 2. The van der Waals surface area contributed by atoms with E-state index in [1.165, 1.54) is 0 Å². The van der Waals surface area contributed by atoms with Gasteiger partial charge in [0.25, 0.3) is 0 Å². The Balaban J connectivity index is 1.82. The number of allylic oxidation sites excluding steroid dienone is 2. The molecule has 0 radical (unpaired) electrons. The summed E-state index contributed by atoms with van der Waals surface area (Å²) >= 11 is 0. The summed E-state index contributed by atoms with van der Waals surface area (Å²) in [5, 5.41) is 1.54. The normalized spacial score (nSPS) is 30.9. The Morgan fingerprint density at radius 3 is 3.00 bits per heavy atom. The van der Waals surface area contributed by atoms with Gasteiger partial charge in [-0.15, -0.1) is 0 Å². The summed E-state index contributed by atoms with van der Waals surface area (Å²) in [5.41, 5.74) is 7.99. The molecule has 3 heterocycles. The van der Waals surface area contributed by atoms with E-state index < -0.39 is 5.66 Å². The minimum atomic E-state index is -0.658. The summed E-state index contributed by atoms with van der Waals surface area (Å²) < 4.78 is 5.40. The Hall–Kier alpha value is -1.43. The van der Waals surface area contributed by atoms with Crippen LogP contribution in [0.15, 0.2) is 40.7 Å². The first kappa shape index (κ1) is 12.6. The van der Waals surface area contributed by atoms with Gasteiger partial charge < -0.3 is 10.5 Å². The second-order valence-electron chi connectivity index (χ2n) is 5.39. The fraction of sp³-hybridized carbons (Fsp3) is 0.500. The van der Waals surface area contributed by atoms with Crippen molar-refractivity contribution in [1.82, 2.24) is 5.01 Å². The number of hydrogen-bond acceptors (Lipinski definition) is 5. The summed E-state index contributed by atoms with van der Waals surface area (Å²) in [7, 11) is 0. The van der Waals surface area contributed by atoms with Crippen LogP contribution in [0.2, 0.25) is 0 Å². The van der Waals surface area contributed by atoms with Gasteiger partial charge >= 0.3 is 0 Å². The third-order valence-corrected chi connectivity index (χ3v) is 3.98. The van der Waals surface area contributed by atoms with E-state index in [1.54, 1.807) is 5.01 Å². The van der Waals surface area contributed by atoms with Crippen molar-refractivity contribution in [3.63, 3.8) is 0 Å². The van der Waals surface area contributed by atoms with Crippen molar-refractivity contribution in [1.29, 1.82) is 0 Å². The number of hydrogen-bond donors (Lipinski definition) is 2. The third kappa shape index (κ3) is 2.49. The number of fused-ring (bicyclic) bond motifs is 1. The molecule has 3 aliphatic rings. The Labute approximate surface area is 113 Å². The number of aliphatic imine (C=N–C) groups is 1. The highest BCUT2D eigenvalue weighted by atomic mass is 16.5. The second kappa shape index (κ2) is 4.92. The fourth-order valence-electron chi connectivity index (χ4n) is 2.90. The van der Waals surface area contributed by atoms with Crippen LogP contribution in [0.4, 0.5) is 0 Å². The van der Waals surface area contributed by atoms with Gasteiger partial charge in [0.1, 0.15) is 5.66 Å². The quantitative estimate of drug-likeness (QED) is 0.728. The van der Waals surface area contributed by atoms with E-state index in [4.69, 9.17) is 16.3 Å². The summed E-state index contributed by atoms with van der Waals surface area (Å²) in [6, 6.07) is 0. The molecule has 0 spiro atoms. The lowest BCUT2D eigenvalue weighted by Crippen LogP contribution is -2.46. The predicted molar refractivity (Wildman–Crippen MR) is 74.9 cm³/mol.